The maximum atomic E-state index is 8.52. The Bertz CT molecular complexity index is 528. The van der Waals surface area contributed by atoms with Crippen LogP contribution in [0.3, 0.4) is 0 Å². The van der Waals surface area contributed by atoms with E-state index < -0.39 is 10.4 Å². The van der Waals surface area contributed by atoms with E-state index in [4.69, 9.17) is 66.4 Å². The van der Waals surface area contributed by atoms with Gasteiger partial charge >= 0.3 is 46.3 Å². The zero-order chi connectivity index (χ0) is 42.5. The summed E-state index contributed by atoms with van der Waals surface area (Å²) in [6, 6.07) is 0. The van der Waals surface area contributed by atoms with Crippen LogP contribution < -0.4 is 0 Å². The number of hydrogen-bond acceptors (Lipinski definition) is 14. The van der Waals surface area contributed by atoms with E-state index in [-0.39, 0.29) is 0 Å². The molecule has 0 unspecified atom stereocenters. The van der Waals surface area contributed by atoms with Crippen molar-refractivity contribution in [1.29, 1.82) is 0 Å². The molecule has 0 aromatic rings. The summed E-state index contributed by atoms with van der Waals surface area (Å²) >= 11 is 0.667. The van der Waals surface area contributed by atoms with E-state index in [2.05, 4.69) is 55.4 Å². The fourth-order valence-corrected chi connectivity index (χ4v) is 5.29. The van der Waals surface area contributed by atoms with Gasteiger partial charge in [-0.1, -0.05) is 107 Å². The zero-order valence-corrected chi connectivity index (χ0v) is 39.8. The molecule has 0 aliphatic heterocycles. The van der Waals surface area contributed by atoms with Crippen molar-refractivity contribution in [3.63, 3.8) is 0 Å². The molecule has 0 saturated carbocycles. The minimum absolute atomic E-state index is 0.333. The summed E-state index contributed by atoms with van der Waals surface area (Å²) in [6.07, 6.45) is 22.1. The summed E-state index contributed by atoms with van der Waals surface area (Å²) in [5, 5.41) is 48.0. The molecule has 16 nitrogen and oxygen atoms in total. The molecule has 0 bridgehead atoms. The average Bonchev–Trinajstić information content (AvgIpc) is 3.18. The molecule has 0 rings (SSSR count). The normalized spacial score (nSPS) is 9.76. The summed E-state index contributed by atoms with van der Waals surface area (Å²) in [5.74, 6) is 0. The predicted molar refractivity (Wildman–Crippen MR) is 192 cm³/mol. The molecule has 8 N–H and O–H groups in total. The van der Waals surface area contributed by atoms with Crippen molar-refractivity contribution in [1.82, 2.24) is 0 Å². The van der Waals surface area contributed by atoms with E-state index in [9.17, 15) is 0 Å². The molecule has 0 spiro atoms. The van der Waals surface area contributed by atoms with Gasteiger partial charge in [0, 0.05) is 10.4 Å². The first kappa shape index (κ1) is 72.7. The molecule has 0 aliphatic carbocycles. The van der Waals surface area contributed by atoms with Crippen LogP contribution in [0, 0.1) is 0 Å². The fraction of sp³-hybridized carbons (Fsp3) is 1.00. The Morgan fingerprint density at radius 2 is 0.431 bits per heavy atom. The van der Waals surface area contributed by atoms with Crippen LogP contribution in [0.25, 0.3) is 0 Å². The predicted octanol–water partition coefficient (Wildman–Crippen LogP) is 8.50. The fourth-order valence-electron chi connectivity index (χ4n) is 5.29. The van der Waals surface area contributed by atoms with Crippen molar-refractivity contribution in [3.05, 3.63) is 0 Å². The summed E-state index contributed by atoms with van der Waals surface area (Å²) < 4.78 is 53.6. The molecule has 19 heteroatoms. The van der Waals surface area contributed by atoms with Gasteiger partial charge in [0.1, 0.15) is 0 Å². The second-order valence-corrected chi connectivity index (χ2v) is 12.5. The molecule has 0 aromatic heterocycles. The van der Waals surface area contributed by atoms with E-state index in [0.29, 0.717) is 39.6 Å². The second kappa shape index (κ2) is 68.5. The number of nitrogens with zero attached hydrogens (tertiary/aromatic N) is 2. The maximum absolute atomic E-state index is 8.52. The zero-order valence-electron chi connectivity index (χ0n) is 33.1. The van der Waals surface area contributed by atoms with Crippen molar-refractivity contribution in [2.24, 2.45) is 0 Å². The molecular formula is C32H80N2O14SW2. The van der Waals surface area contributed by atoms with Gasteiger partial charge in [0.05, 0.1) is 52.4 Å². The molecule has 0 radical (unpaired) electrons. The number of quaternary nitrogens is 2. The van der Waals surface area contributed by atoms with E-state index in [1.807, 2.05) is 0 Å². The van der Waals surface area contributed by atoms with Crippen LogP contribution in [0.4, 0.5) is 0 Å². The van der Waals surface area contributed by atoms with E-state index in [0.717, 1.165) is 0 Å². The van der Waals surface area contributed by atoms with Gasteiger partial charge in [-0.05, 0) is 51.4 Å². The molecule has 0 aliphatic rings. The first-order valence-corrected chi connectivity index (χ1v) is 21.7. The standard InChI is InChI=1S/2C16H36N.H2O4S.4H2O2.2O.2W/c2*1-5-9-13-17(14-10-6-2,15-11-7-3)16-12-8-4;1-5(2,3)4;4*1-2;;;;/h2*5-16H2,1-4H3;(H2,1,2,3,4);4*1-2H;;;;/q2*+1;;;;;;;;;/p-2. The van der Waals surface area contributed by atoms with Gasteiger partial charge in [0.2, 0.25) is 0 Å². The van der Waals surface area contributed by atoms with E-state index in [1.165, 1.54) is 164 Å². The third kappa shape index (κ3) is 72.4. The van der Waals surface area contributed by atoms with Crippen molar-refractivity contribution < 1.29 is 115 Å². The van der Waals surface area contributed by atoms with Gasteiger partial charge in [-0.15, -0.1) is 0 Å². The van der Waals surface area contributed by atoms with Crippen LogP contribution in [0.2, 0.25) is 0 Å². The summed E-state index contributed by atoms with van der Waals surface area (Å²) in [5.41, 5.74) is 0. The summed E-state index contributed by atoms with van der Waals surface area (Å²) in [4.78, 5) is 0. The molecular weight excluding hydrogens is 1040 g/mol. The van der Waals surface area contributed by atoms with Gasteiger partial charge < -0.3 is 18.1 Å². The first-order valence-electron chi connectivity index (χ1n) is 18.0. The molecule has 0 heterocycles. The second-order valence-electron chi connectivity index (χ2n) is 11.7. The number of hydrogen-bond donors (Lipinski definition) is 8. The molecule has 0 saturated heterocycles. The van der Waals surface area contributed by atoms with Crippen LogP contribution in [-0.2, 0) is 56.7 Å². The molecule has 0 atom stereocenters. The Balaban J connectivity index is -0.0000000690. The number of rotatable bonds is 24. The topological polar surface area (TPSA) is 276 Å². The third-order valence-corrected chi connectivity index (χ3v) is 7.89. The van der Waals surface area contributed by atoms with Crippen LogP contribution in [0.15, 0.2) is 0 Å². The number of unbranched alkanes of at least 4 members (excludes halogenated alkanes) is 8. The molecule has 320 valence electrons. The van der Waals surface area contributed by atoms with E-state index in [1.54, 1.807) is 0 Å². The quantitative estimate of drug-likeness (QED) is 0.0148. The minimum atomic E-state index is -5.17. The van der Waals surface area contributed by atoms with Gasteiger partial charge in [-0.3, -0.25) is 50.5 Å². The van der Waals surface area contributed by atoms with E-state index >= 15 is 0 Å². The molecule has 0 aromatic carbocycles. The summed E-state index contributed by atoms with van der Waals surface area (Å²) in [6.45, 7) is 30.0. The summed E-state index contributed by atoms with van der Waals surface area (Å²) in [7, 11) is -5.17. The molecule has 0 amide bonds. The Labute approximate surface area is 334 Å². The van der Waals surface area contributed by atoms with Crippen molar-refractivity contribution in [2.45, 2.75) is 158 Å². The van der Waals surface area contributed by atoms with Gasteiger partial charge in [0.15, 0.2) is 0 Å². The van der Waals surface area contributed by atoms with Crippen molar-refractivity contribution in [2.75, 3.05) is 52.4 Å². The molecule has 0 fully saturated rings. The van der Waals surface area contributed by atoms with Gasteiger partial charge in [0.25, 0.3) is 0 Å². The Hall–Kier alpha value is 0.447. The van der Waals surface area contributed by atoms with Crippen LogP contribution in [0.5, 0.6) is 0 Å². The Morgan fingerprint density at radius 3 is 0.490 bits per heavy atom. The van der Waals surface area contributed by atoms with Gasteiger partial charge in [-0.2, -0.15) is 0 Å². The Kier molecular flexibility index (Phi) is 97.5. The first-order chi connectivity index (χ1) is 24.5. The van der Waals surface area contributed by atoms with Crippen LogP contribution in [0.1, 0.15) is 158 Å². The van der Waals surface area contributed by atoms with Crippen LogP contribution in [-0.4, -0.2) is 121 Å². The Morgan fingerprint density at radius 1 is 0.353 bits per heavy atom. The average molecular weight is 1120 g/mol. The molecule has 51 heavy (non-hydrogen) atoms. The third-order valence-electron chi connectivity index (χ3n) is 7.89. The van der Waals surface area contributed by atoms with Crippen molar-refractivity contribution >= 4 is 10.4 Å². The van der Waals surface area contributed by atoms with Crippen molar-refractivity contribution in [3.8, 4) is 0 Å². The SMILES string of the molecule is CCCC[N+](CCCC)(CCCC)CCCC.CCCC[N+](CCCC)(CCCC)CCCC.O=S(=O)([O-])[O-].OO.OO.OO.OO.[O]=[W].[O]=[W]. The van der Waals surface area contributed by atoms with Crippen LogP contribution >= 0.6 is 0 Å². The van der Waals surface area contributed by atoms with Gasteiger partial charge in [-0.25, -0.2) is 0 Å². The monoisotopic (exact) mass is 1120 g/mol.